The lowest BCUT2D eigenvalue weighted by molar-refractivity contribution is -0.665. The first kappa shape index (κ1) is 21.9. The molecule has 6 aromatic rings. The molecule has 0 amide bonds. The van der Waals surface area contributed by atoms with E-state index in [0.717, 1.165) is 17.0 Å². The molecule has 3 heteroatoms. The van der Waals surface area contributed by atoms with E-state index in [1.54, 1.807) is 0 Å². The molecule has 0 aliphatic heterocycles. The summed E-state index contributed by atoms with van der Waals surface area (Å²) in [5.41, 5.74) is 8.45. The van der Waals surface area contributed by atoms with Gasteiger partial charge in [0.25, 0.3) is 5.82 Å². The highest BCUT2D eigenvalue weighted by Crippen LogP contribution is 2.40. The predicted octanol–water partition coefficient (Wildman–Crippen LogP) is 8.24. The molecule has 3 nitrogen and oxygen atoms in total. The molecule has 35 heavy (non-hydrogen) atoms. The molecule has 0 atom stereocenters. The Kier molecular flexibility index (Phi) is 4.67. The third-order valence-electron chi connectivity index (χ3n) is 7.56. The van der Waals surface area contributed by atoms with Crippen LogP contribution in [-0.2, 0) is 12.5 Å². The molecule has 0 aliphatic carbocycles. The number of fused-ring (bicyclic) bond motifs is 6. The lowest BCUT2D eigenvalue weighted by Crippen LogP contribution is -2.34. The first-order chi connectivity index (χ1) is 16.6. The smallest absolute Gasteiger partial charge is 0.287 e. The number of hydrogen-bond donors (Lipinski definition) is 0. The summed E-state index contributed by atoms with van der Waals surface area (Å²) in [5, 5.41) is 4.89. The summed E-state index contributed by atoms with van der Waals surface area (Å²) in [4.78, 5) is 0. The summed E-state index contributed by atoms with van der Waals surface area (Å²) in [6.45, 7) is 13.7. The fourth-order valence-electron chi connectivity index (χ4n) is 5.61. The monoisotopic (exact) mass is 461 g/mol. The van der Waals surface area contributed by atoms with Crippen molar-refractivity contribution in [1.82, 2.24) is 4.57 Å². The van der Waals surface area contributed by atoms with Crippen molar-refractivity contribution in [3.05, 3.63) is 83.6 Å². The molecule has 176 valence electrons. The molecule has 0 aliphatic rings. The van der Waals surface area contributed by atoms with Crippen LogP contribution in [0.2, 0.25) is 0 Å². The van der Waals surface area contributed by atoms with E-state index in [9.17, 15) is 0 Å². The Bertz CT molecular complexity index is 1770. The zero-order chi connectivity index (χ0) is 24.6. The molecular weight excluding hydrogens is 428 g/mol. The summed E-state index contributed by atoms with van der Waals surface area (Å²) in [6, 6.07) is 22.1. The highest BCUT2D eigenvalue weighted by Gasteiger charge is 2.27. The molecule has 0 fully saturated rings. The van der Waals surface area contributed by atoms with Gasteiger partial charge in [0.05, 0.1) is 13.2 Å². The summed E-state index contributed by atoms with van der Waals surface area (Å²) in [5.74, 6) is 1.62. The second-order valence-electron chi connectivity index (χ2n) is 11.3. The van der Waals surface area contributed by atoms with Crippen molar-refractivity contribution in [2.45, 2.75) is 52.9 Å². The number of rotatable bonds is 2. The number of nitrogens with zero attached hydrogens (tertiary/aromatic N) is 2. The first-order valence-corrected chi connectivity index (χ1v) is 12.5. The number of benzene rings is 3. The van der Waals surface area contributed by atoms with Crippen LogP contribution in [0.3, 0.4) is 0 Å². The molecule has 0 spiro atoms. The summed E-state index contributed by atoms with van der Waals surface area (Å²) in [6.07, 6.45) is 2.19. The van der Waals surface area contributed by atoms with Crippen LogP contribution in [0, 0.1) is 6.92 Å². The lowest BCUT2D eigenvalue weighted by atomic mass is 9.87. The highest BCUT2D eigenvalue weighted by molar-refractivity contribution is 6.17. The molecule has 0 radical (unpaired) electrons. The maximum atomic E-state index is 6.33. The molecule has 3 heterocycles. The van der Waals surface area contributed by atoms with Gasteiger partial charge >= 0.3 is 0 Å². The van der Waals surface area contributed by atoms with Gasteiger partial charge < -0.3 is 4.42 Å². The van der Waals surface area contributed by atoms with Crippen molar-refractivity contribution in [3.63, 3.8) is 0 Å². The van der Waals surface area contributed by atoms with Crippen molar-refractivity contribution in [2.24, 2.45) is 7.05 Å². The van der Waals surface area contributed by atoms with Crippen LogP contribution in [0.25, 0.3) is 49.6 Å². The Morgan fingerprint density at radius 1 is 0.829 bits per heavy atom. The molecule has 6 rings (SSSR count). The largest absolute Gasteiger partial charge is 0.456 e. The van der Waals surface area contributed by atoms with Gasteiger partial charge in [-0.1, -0.05) is 58.9 Å². The van der Waals surface area contributed by atoms with Gasteiger partial charge in [-0.05, 0) is 53.6 Å². The van der Waals surface area contributed by atoms with E-state index in [1.165, 1.54) is 49.3 Å². The van der Waals surface area contributed by atoms with E-state index >= 15 is 0 Å². The zero-order valence-electron chi connectivity index (χ0n) is 21.7. The number of aromatic nitrogens is 2. The lowest BCUT2D eigenvalue weighted by Gasteiger charge is -2.19. The van der Waals surface area contributed by atoms with Gasteiger partial charge in [0.1, 0.15) is 22.2 Å². The SMILES string of the molecule is Cc1c(C(C)C)ccc2c3cc4c(cc3n(-c3cc(C(C)(C)C)cc[n+]3C)c12)oc1ccccc14. The van der Waals surface area contributed by atoms with Gasteiger partial charge in [0.2, 0.25) is 0 Å². The summed E-state index contributed by atoms with van der Waals surface area (Å²) < 4.78 is 11.0. The number of hydrogen-bond acceptors (Lipinski definition) is 1. The summed E-state index contributed by atoms with van der Waals surface area (Å²) >= 11 is 0. The Labute approximate surface area is 206 Å². The van der Waals surface area contributed by atoms with Crippen LogP contribution in [-0.4, -0.2) is 4.57 Å². The topological polar surface area (TPSA) is 21.9 Å². The molecule has 3 aromatic carbocycles. The zero-order valence-corrected chi connectivity index (χ0v) is 21.7. The Morgan fingerprint density at radius 3 is 2.34 bits per heavy atom. The quantitative estimate of drug-likeness (QED) is 0.238. The van der Waals surface area contributed by atoms with Crippen LogP contribution in [0.15, 0.2) is 71.3 Å². The third kappa shape index (κ3) is 3.21. The van der Waals surface area contributed by atoms with Crippen molar-refractivity contribution in [3.8, 4) is 5.82 Å². The van der Waals surface area contributed by atoms with Crippen molar-refractivity contribution in [1.29, 1.82) is 0 Å². The average molecular weight is 462 g/mol. The van der Waals surface area contributed by atoms with Gasteiger partial charge in [-0.15, -0.1) is 0 Å². The molecule has 3 aromatic heterocycles. The molecular formula is C32H33N2O+. The fourth-order valence-corrected chi connectivity index (χ4v) is 5.61. The molecule has 0 N–H and O–H groups in total. The number of pyridine rings is 1. The molecule has 0 unspecified atom stereocenters. The minimum atomic E-state index is 0.0614. The normalized spacial score (nSPS) is 12.7. The average Bonchev–Trinajstić information content (AvgIpc) is 3.32. The predicted molar refractivity (Wildman–Crippen MR) is 147 cm³/mol. The second kappa shape index (κ2) is 7.45. The first-order valence-electron chi connectivity index (χ1n) is 12.5. The number of para-hydroxylation sites is 1. The third-order valence-corrected chi connectivity index (χ3v) is 7.56. The van der Waals surface area contributed by atoms with Crippen LogP contribution >= 0.6 is 0 Å². The molecule has 0 saturated carbocycles. The number of aryl methyl sites for hydroxylation is 2. The second-order valence-corrected chi connectivity index (χ2v) is 11.3. The van der Waals surface area contributed by atoms with Crippen LogP contribution in [0.1, 0.15) is 57.2 Å². The van der Waals surface area contributed by atoms with Gasteiger partial charge in [-0.2, -0.15) is 4.57 Å². The highest BCUT2D eigenvalue weighted by atomic mass is 16.3. The van der Waals surface area contributed by atoms with E-state index in [4.69, 9.17) is 4.42 Å². The van der Waals surface area contributed by atoms with E-state index in [-0.39, 0.29) is 5.41 Å². The van der Waals surface area contributed by atoms with Gasteiger partial charge in [-0.25, -0.2) is 4.57 Å². The summed E-state index contributed by atoms with van der Waals surface area (Å²) in [7, 11) is 2.14. The molecule has 0 bridgehead atoms. The van der Waals surface area contributed by atoms with Gasteiger partial charge in [0, 0.05) is 39.2 Å². The Hall–Kier alpha value is -3.59. The minimum Gasteiger partial charge on any atom is -0.456 e. The van der Waals surface area contributed by atoms with E-state index in [1.807, 2.05) is 6.07 Å². The van der Waals surface area contributed by atoms with Crippen molar-refractivity contribution < 1.29 is 8.98 Å². The van der Waals surface area contributed by atoms with Gasteiger partial charge in [-0.3, -0.25) is 0 Å². The van der Waals surface area contributed by atoms with Crippen LogP contribution in [0.5, 0.6) is 0 Å². The fraction of sp³-hybridized carbons (Fsp3) is 0.281. The Balaban J connectivity index is 1.82. The maximum absolute atomic E-state index is 6.33. The van der Waals surface area contributed by atoms with E-state index in [2.05, 4.69) is 119 Å². The van der Waals surface area contributed by atoms with Crippen molar-refractivity contribution >= 4 is 43.7 Å². The van der Waals surface area contributed by atoms with Crippen molar-refractivity contribution in [2.75, 3.05) is 0 Å². The van der Waals surface area contributed by atoms with Gasteiger partial charge in [0.15, 0.2) is 0 Å². The van der Waals surface area contributed by atoms with E-state index in [0.29, 0.717) is 5.92 Å². The molecule has 0 saturated heterocycles. The van der Waals surface area contributed by atoms with Crippen LogP contribution < -0.4 is 4.57 Å². The maximum Gasteiger partial charge on any atom is 0.287 e. The number of furan rings is 1. The van der Waals surface area contributed by atoms with E-state index < -0.39 is 0 Å². The van der Waals surface area contributed by atoms with Crippen LogP contribution in [0.4, 0.5) is 0 Å². The minimum absolute atomic E-state index is 0.0614. The standard InChI is InChI=1S/C32H33N2O/c1-19(2)22-12-13-24-25-17-26-23-10-8-9-11-28(23)35-29(26)18-27(25)34(31(24)20(22)3)30-16-21(32(4,5)6)14-15-33(30)7/h8-19H,1-7H3/q+1. The Morgan fingerprint density at radius 2 is 1.60 bits per heavy atom.